The second-order valence-electron chi connectivity index (χ2n) is 5.08. The van der Waals surface area contributed by atoms with Crippen molar-refractivity contribution in [2.24, 2.45) is 0 Å². The Labute approximate surface area is 108 Å². The van der Waals surface area contributed by atoms with Gasteiger partial charge in [0.05, 0.1) is 6.54 Å². The molecule has 0 atom stereocenters. The number of benzene rings is 1. The number of anilines is 1. The Bertz CT molecular complexity index is 491. The van der Waals surface area contributed by atoms with Gasteiger partial charge in [-0.3, -0.25) is 4.79 Å². The molecule has 1 aliphatic heterocycles. The zero-order valence-electron chi connectivity index (χ0n) is 11.2. The molecule has 0 bridgehead atoms. The van der Waals surface area contributed by atoms with Crippen LogP contribution < -0.4 is 4.90 Å². The lowest BCUT2D eigenvalue weighted by molar-refractivity contribution is -0.140. The highest BCUT2D eigenvalue weighted by Crippen LogP contribution is 2.46. The van der Waals surface area contributed by atoms with E-state index in [-0.39, 0.29) is 11.4 Å². The molecular weight excluding hydrogens is 226 g/mol. The molecule has 0 saturated heterocycles. The standard InChI is InChI=1S/C15H19NO2/c1-11-15(3,4)13-7-5-6-8-14(13)16(11)9-10-18-12(2)17/h5-8H,1,9-10H2,2-4H3. The minimum Gasteiger partial charge on any atom is -0.464 e. The van der Waals surface area contributed by atoms with E-state index in [2.05, 4.69) is 37.5 Å². The first-order valence-corrected chi connectivity index (χ1v) is 6.14. The fourth-order valence-corrected chi connectivity index (χ4v) is 2.41. The van der Waals surface area contributed by atoms with Crippen LogP contribution >= 0.6 is 0 Å². The fourth-order valence-electron chi connectivity index (χ4n) is 2.41. The van der Waals surface area contributed by atoms with Crippen LogP contribution in [0.5, 0.6) is 0 Å². The molecule has 0 aromatic heterocycles. The smallest absolute Gasteiger partial charge is 0.302 e. The third-order valence-corrected chi connectivity index (χ3v) is 3.54. The molecule has 3 nitrogen and oxygen atoms in total. The van der Waals surface area contributed by atoms with E-state index in [1.54, 1.807) is 0 Å². The summed E-state index contributed by atoms with van der Waals surface area (Å²) in [7, 11) is 0. The summed E-state index contributed by atoms with van der Waals surface area (Å²) in [5.74, 6) is -0.243. The predicted molar refractivity (Wildman–Crippen MR) is 72.6 cm³/mol. The number of carbonyl (C=O) groups is 1. The molecule has 18 heavy (non-hydrogen) atoms. The normalized spacial score (nSPS) is 16.6. The van der Waals surface area contributed by atoms with Gasteiger partial charge in [0.25, 0.3) is 0 Å². The Hall–Kier alpha value is -1.77. The highest BCUT2D eigenvalue weighted by Gasteiger charge is 2.38. The van der Waals surface area contributed by atoms with Crippen molar-refractivity contribution in [1.82, 2.24) is 0 Å². The molecule has 0 saturated carbocycles. The summed E-state index contributed by atoms with van der Waals surface area (Å²) < 4.78 is 5.01. The van der Waals surface area contributed by atoms with Gasteiger partial charge in [-0.15, -0.1) is 0 Å². The largest absolute Gasteiger partial charge is 0.464 e. The zero-order valence-corrected chi connectivity index (χ0v) is 11.2. The van der Waals surface area contributed by atoms with Crippen LogP contribution in [0.3, 0.4) is 0 Å². The van der Waals surface area contributed by atoms with Crippen molar-refractivity contribution in [2.75, 3.05) is 18.1 Å². The van der Waals surface area contributed by atoms with Crippen LogP contribution in [0.4, 0.5) is 5.69 Å². The van der Waals surface area contributed by atoms with Gasteiger partial charge in [-0.1, -0.05) is 38.6 Å². The molecule has 0 unspecified atom stereocenters. The molecule has 0 radical (unpaired) electrons. The first-order chi connectivity index (χ1) is 8.44. The van der Waals surface area contributed by atoms with Crippen molar-refractivity contribution in [1.29, 1.82) is 0 Å². The summed E-state index contributed by atoms with van der Waals surface area (Å²) in [6.07, 6.45) is 0. The van der Waals surface area contributed by atoms with Gasteiger partial charge in [0.1, 0.15) is 6.61 Å². The predicted octanol–water partition coefficient (Wildman–Crippen LogP) is 2.86. The topological polar surface area (TPSA) is 29.5 Å². The van der Waals surface area contributed by atoms with Crippen LogP contribution in [0.1, 0.15) is 26.3 Å². The average Bonchev–Trinajstić information content (AvgIpc) is 2.51. The Kier molecular flexibility index (Phi) is 3.16. The third-order valence-electron chi connectivity index (χ3n) is 3.54. The van der Waals surface area contributed by atoms with Gasteiger partial charge in [0, 0.05) is 23.7 Å². The van der Waals surface area contributed by atoms with E-state index in [0.717, 1.165) is 5.70 Å². The lowest BCUT2D eigenvalue weighted by atomic mass is 9.85. The molecule has 0 spiro atoms. The van der Waals surface area contributed by atoms with Crippen molar-refractivity contribution in [2.45, 2.75) is 26.2 Å². The van der Waals surface area contributed by atoms with E-state index in [9.17, 15) is 4.79 Å². The Morgan fingerprint density at radius 1 is 1.39 bits per heavy atom. The van der Waals surface area contributed by atoms with Gasteiger partial charge < -0.3 is 9.64 Å². The van der Waals surface area contributed by atoms with Crippen LogP contribution in [0, 0.1) is 0 Å². The number of allylic oxidation sites excluding steroid dienone is 1. The molecule has 3 heteroatoms. The number of esters is 1. The van der Waals surface area contributed by atoms with Gasteiger partial charge in [-0.05, 0) is 11.6 Å². The molecule has 1 aromatic carbocycles. The van der Waals surface area contributed by atoms with E-state index in [0.29, 0.717) is 13.2 Å². The second kappa shape index (κ2) is 4.48. The number of hydrogen-bond acceptors (Lipinski definition) is 3. The number of rotatable bonds is 3. The van der Waals surface area contributed by atoms with Crippen LogP contribution in [0.15, 0.2) is 36.5 Å². The van der Waals surface area contributed by atoms with Crippen molar-refractivity contribution in [3.05, 3.63) is 42.1 Å². The van der Waals surface area contributed by atoms with E-state index in [1.807, 2.05) is 12.1 Å². The summed E-state index contributed by atoms with van der Waals surface area (Å²) in [6, 6.07) is 8.28. The van der Waals surface area contributed by atoms with E-state index < -0.39 is 0 Å². The maximum atomic E-state index is 10.8. The summed E-state index contributed by atoms with van der Waals surface area (Å²) in [5, 5.41) is 0. The van der Waals surface area contributed by atoms with E-state index in [1.165, 1.54) is 18.2 Å². The van der Waals surface area contributed by atoms with Crippen molar-refractivity contribution < 1.29 is 9.53 Å². The number of ether oxygens (including phenoxy) is 1. The van der Waals surface area contributed by atoms with Crippen LogP contribution in [-0.2, 0) is 14.9 Å². The van der Waals surface area contributed by atoms with Crippen LogP contribution in [-0.4, -0.2) is 19.1 Å². The average molecular weight is 245 g/mol. The second-order valence-corrected chi connectivity index (χ2v) is 5.08. The number of hydrogen-bond donors (Lipinski definition) is 0. The van der Waals surface area contributed by atoms with Crippen molar-refractivity contribution in [3.63, 3.8) is 0 Å². The molecule has 1 heterocycles. The van der Waals surface area contributed by atoms with Gasteiger partial charge >= 0.3 is 5.97 Å². The molecule has 1 aromatic rings. The lowest BCUT2D eigenvalue weighted by Gasteiger charge is -2.25. The van der Waals surface area contributed by atoms with Gasteiger partial charge in [-0.2, -0.15) is 0 Å². The van der Waals surface area contributed by atoms with Gasteiger partial charge in [0.2, 0.25) is 0 Å². The number of carbonyl (C=O) groups excluding carboxylic acids is 1. The maximum absolute atomic E-state index is 10.8. The minimum atomic E-state index is -0.243. The molecular formula is C15H19NO2. The molecule has 1 aliphatic rings. The van der Waals surface area contributed by atoms with Crippen LogP contribution in [0.25, 0.3) is 0 Å². The van der Waals surface area contributed by atoms with Crippen molar-refractivity contribution >= 4 is 11.7 Å². The molecule has 0 N–H and O–H groups in total. The molecule has 2 rings (SSSR count). The quantitative estimate of drug-likeness (QED) is 0.767. The summed E-state index contributed by atoms with van der Waals surface area (Å²) >= 11 is 0. The molecule has 96 valence electrons. The Balaban J connectivity index is 2.22. The molecule has 0 fully saturated rings. The highest BCUT2D eigenvalue weighted by atomic mass is 16.5. The number of nitrogens with zero attached hydrogens (tertiary/aromatic N) is 1. The SMILES string of the molecule is C=C1N(CCOC(C)=O)c2ccccc2C1(C)C. The summed E-state index contributed by atoms with van der Waals surface area (Å²) in [4.78, 5) is 12.9. The highest BCUT2D eigenvalue weighted by molar-refractivity contribution is 5.70. The zero-order chi connectivity index (χ0) is 13.3. The molecule has 0 aliphatic carbocycles. The Morgan fingerprint density at radius 3 is 2.72 bits per heavy atom. The van der Waals surface area contributed by atoms with Gasteiger partial charge in [0.15, 0.2) is 0 Å². The minimum absolute atomic E-state index is 0.0627. The number of para-hydroxylation sites is 1. The summed E-state index contributed by atoms with van der Waals surface area (Å²) in [6.45, 7) is 11.0. The first-order valence-electron chi connectivity index (χ1n) is 6.14. The van der Waals surface area contributed by atoms with E-state index in [4.69, 9.17) is 4.74 Å². The maximum Gasteiger partial charge on any atom is 0.302 e. The fraction of sp³-hybridized carbons (Fsp3) is 0.400. The first kappa shape index (κ1) is 12.7. The monoisotopic (exact) mass is 245 g/mol. The van der Waals surface area contributed by atoms with Gasteiger partial charge in [-0.25, -0.2) is 0 Å². The lowest BCUT2D eigenvalue weighted by Crippen LogP contribution is -2.28. The van der Waals surface area contributed by atoms with Crippen molar-refractivity contribution in [3.8, 4) is 0 Å². The third kappa shape index (κ3) is 2.01. The van der Waals surface area contributed by atoms with Crippen LogP contribution in [0.2, 0.25) is 0 Å². The molecule has 0 amide bonds. The summed E-state index contributed by atoms with van der Waals surface area (Å²) in [5.41, 5.74) is 3.43. The Morgan fingerprint density at radius 2 is 2.06 bits per heavy atom. The number of fused-ring (bicyclic) bond motifs is 1. The van der Waals surface area contributed by atoms with E-state index >= 15 is 0 Å².